The van der Waals surface area contributed by atoms with Crippen molar-refractivity contribution in [1.82, 2.24) is 0 Å². The second-order valence-corrected chi connectivity index (χ2v) is 5.16. The zero-order valence-corrected chi connectivity index (χ0v) is 12.0. The fraction of sp³-hybridized carbons (Fsp3) is 0.188. The number of thioether (sulfide) groups is 1. The van der Waals surface area contributed by atoms with Gasteiger partial charge in [0.1, 0.15) is 23.1 Å². The van der Waals surface area contributed by atoms with Gasteiger partial charge in [0, 0.05) is 4.90 Å². The van der Waals surface area contributed by atoms with Gasteiger partial charge in [-0.15, -0.1) is 11.8 Å². The molecule has 0 aliphatic rings. The van der Waals surface area contributed by atoms with Crippen molar-refractivity contribution in [3.8, 4) is 17.6 Å². The minimum Gasteiger partial charge on any atom is -0.456 e. The molecule has 0 bridgehead atoms. The number of hydrogen-bond donors (Lipinski definition) is 0. The molecule has 0 atom stereocenters. The van der Waals surface area contributed by atoms with Crippen LogP contribution in [0.15, 0.2) is 41.3 Å². The molecule has 3 heteroatoms. The normalized spacial score (nSPS) is 10.0. The molecule has 2 aromatic carbocycles. The highest BCUT2D eigenvalue weighted by molar-refractivity contribution is 7.98. The third-order valence-electron chi connectivity index (χ3n) is 2.88. The number of nitrogens with zero attached hydrogens (tertiary/aromatic N) is 1. The molecule has 96 valence electrons. The summed E-state index contributed by atoms with van der Waals surface area (Å²) in [5, 5.41) is 9.29. The number of benzene rings is 2. The van der Waals surface area contributed by atoms with Crippen LogP contribution >= 0.6 is 11.8 Å². The Hall–Kier alpha value is -1.92. The molecule has 0 N–H and O–H groups in total. The summed E-state index contributed by atoms with van der Waals surface area (Å²) in [4.78, 5) is 0.935. The van der Waals surface area contributed by atoms with Gasteiger partial charge < -0.3 is 4.74 Å². The van der Waals surface area contributed by atoms with Crippen molar-refractivity contribution in [2.24, 2.45) is 0 Å². The molecule has 0 radical (unpaired) electrons. The molecule has 0 unspecified atom stereocenters. The molecule has 0 saturated heterocycles. The summed E-state index contributed by atoms with van der Waals surface area (Å²) in [5.74, 6) is 1.41. The van der Waals surface area contributed by atoms with Crippen LogP contribution in [-0.2, 0) is 0 Å². The van der Waals surface area contributed by atoms with Gasteiger partial charge in [-0.2, -0.15) is 5.26 Å². The summed E-state index contributed by atoms with van der Waals surface area (Å²) in [5.41, 5.74) is 2.79. The predicted molar refractivity (Wildman–Crippen MR) is 78.9 cm³/mol. The van der Waals surface area contributed by atoms with Gasteiger partial charge in [0.2, 0.25) is 0 Å². The molecule has 0 aliphatic heterocycles. The van der Waals surface area contributed by atoms with Gasteiger partial charge >= 0.3 is 0 Å². The van der Waals surface area contributed by atoms with Crippen LogP contribution in [0.4, 0.5) is 0 Å². The lowest BCUT2D eigenvalue weighted by molar-refractivity contribution is 0.475. The van der Waals surface area contributed by atoms with Gasteiger partial charge in [-0.3, -0.25) is 0 Å². The lowest BCUT2D eigenvalue weighted by Gasteiger charge is -2.12. The van der Waals surface area contributed by atoms with Crippen molar-refractivity contribution in [2.75, 3.05) is 6.26 Å². The predicted octanol–water partition coefficient (Wildman–Crippen LogP) is 4.69. The summed E-state index contributed by atoms with van der Waals surface area (Å²) < 4.78 is 5.92. The summed E-state index contributed by atoms with van der Waals surface area (Å²) in [6.07, 6.45) is 1.96. The Bertz CT molecular complexity index is 644. The molecule has 0 aromatic heterocycles. The van der Waals surface area contributed by atoms with E-state index in [2.05, 4.69) is 6.07 Å². The van der Waals surface area contributed by atoms with E-state index in [0.29, 0.717) is 11.3 Å². The fourth-order valence-electron chi connectivity index (χ4n) is 1.81. The van der Waals surface area contributed by atoms with Gasteiger partial charge in [0.05, 0.1) is 0 Å². The SMILES string of the molecule is CSc1cccc(Oc2cc(C)ccc2C)c1C#N. The smallest absolute Gasteiger partial charge is 0.146 e. The number of aryl methyl sites for hydroxylation is 2. The molecule has 0 aliphatic carbocycles. The highest BCUT2D eigenvalue weighted by atomic mass is 32.2. The third-order valence-corrected chi connectivity index (χ3v) is 3.66. The summed E-state index contributed by atoms with van der Waals surface area (Å²) in [6.45, 7) is 4.02. The Labute approximate surface area is 118 Å². The Morgan fingerprint density at radius 1 is 1.11 bits per heavy atom. The molecule has 0 amide bonds. The molecule has 2 aromatic rings. The second-order valence-electron chi connectivity index (χ2n) is 4.32. The molecular weight excluding hydrogens is 254 g/mol. The van der Waals surface area contributed by atoms with E-state index >= 15 is 0 Å². The topological polar surface area (TPSA) is 33.0 Å². The summed E-state index contributed by atoms with van der Waals surface area (Å²) in [7, 11) is 0. The lowest BCUT2D eigenvalue weighted by Crippen LogP contribution is -1.92. The lowest BCUT2D eigenvalue weighted by atomic mass is 10.1. The standard InChI is InChI=1S/C16H15NOS/c1-11-7-8-12(2)15(9-11)18-14-5-4-6-16(19-3)13(14)10-17/h4-9H,1-3H3. The molecule has 2 nitrogen and oxygen atoms in total. The Kier molecular flexibility index (Phi) is 4.13. The highest BCUT2D eigenvalue weighted by Gasteiger charge is 2.10. The number of rotatable bonds is 3. The van der Waals surface area contributed by atoms with Crippen molar-refractivity contribution in [1.29, 1.82) is 5.26 Å². The van der Waals surface area contributed by atoms with Crippen molar-refractivity contribution >= 4 is 11.8 Å². The first-order valence-electron chi connectivity index (χ1n) is 5.98. The molecular formula is C16H15NOS. The van der Waals surface area contributed by atoms with E-state index in [1.165, 1.54) is 0 Å². The summed E-state index contributed by atoms with van der Waals surface area (Å²) >= 11 is 1.55. The number of ether oxygens (including phenoxy) is 1. The Morgan fingerprint density at radius 2 is 1.89 bits per heavy atom. The van der Waals surface area contributed by atoms with Crippen LogP contribution in [0.25, 0.3) is 0 Å². The molecule has 0 fully saturated rings. The van der Waals surface area contributed by atoms with Crippen molar-refractivity contribution in [3.63, 3.8) is 0 Å². The van der Waals surface area contributed by atoms with E-state index in [-0.39, 0.29) is 0 Å². The largest absolute Gasteiger partial charge is 0.456 e. The molecule has 0 spiro atoms. The Balaban J connectivity index is 2.44. The van der Waals surface area contributed by atoms with E-state index in [4.69, 9.17) is 4.74 Å². The zero-order valence-electron chi connectivity index (χ0n) is 11.2. The molecule has 0 heterocycles. The molecule has 19 heavy (non-hydrogen) atoms. The maximum atomic E-state index is 9.29. The van der Waals surface area contributed by atoms with E-state index in [9.17, 15) is 5.26 Å². The van der Waals surface area contributed by atoms with E-state index < -0.39 is 0 Å². The van der Waals surface area contributed by atoms with Gasteiger partial charge in [0.15, 0.2) is 0 Å². The number of nitriles is 1. The zero-order chi connectivity index (χ0) is 13.8. The molecule has 2 rings (SSSR count). The van der Waals surface area contributed by atoms with Crippen LogP contribution < -0.4 is 4.74 Å². The van der Waals surface area contributed by atoms with Crippen LogP contribution in [0.5, 0.6) is 11.5 Å². The van der Waals surface area contributed by atoms with Crippen LogP contribution in [0.2, 0.25) is 0 Å². The highest BCUT2D eigenvalue weighted by Crippen LogP contribution is 2.32. The number of hydrogen-bond acceptors (Lipinski definition) is 3. The van der Waals surface area contributed by atoms with Crippen molar-refractivity contribution in [3.05, 3.63) is 53.1 Å². The van der Waals surface area contributed by atoms with Gasteiger partial charge in [0.25, 0.3) is 0 Å². The maximum Gasteiger partial charge on any atom is 0.146 e. The van der Waals surface area contributed by atoms with Crippen LogP contribution in [0.3, 0.4) is 0 Å². The average Bonchev–Trinajstić information content (AvgIpc) is 2.42. The van der Waals surface area contributed by atoms with Gasteiger partial charge in [-0.05, 0) is 49.4 Å². The van der Waals surface area contributed by atoms with Gasteiger partial charge in [-0.25, -0.2) is 0 Å². The minimum atomic E-state index is 0.593. The Morgan fingerprint density at radius 3 is 2.58 bits per heavy atom. The van der Waals surface area contributed by atoms with E-state index in [1.807, 2.05) is 56.5 Å². The maximum absolute atomic E-state index is 9.29. The third kappa shape index (κ3) is 2.91. The first-order chi connectivity index (χ1) is 9.15. The van der Waals surface area contributed by atoms with Crippen LogP contribution in [0, 0.1) is 25.2 Å². The monoisotopic (exact) mass is 269 g/mol. The van der Waals surface area contributed by atoms with E-state index in [0.717, 1.165) is 21.8 Å². The molecule has 0 saturated carbocycles. The second kappa shape index (κ2) is 5.81. The van der Waals surface area contributed by atoms with E-state index in [1.54, 1.807) is 11.8 Å². The van der Waals surface area contributed by atoms with Crippen LogP contribution in [-0.4, -0.2) is 6.26 Å². The first-order valence-corrected chi connectivity index (χ1v) is 7.20. The fourth-order valence-corrected chi connectivity index (χ4v) is 2.38. The minimum absolute atomic E-state index is 0.593. The first kappa shape index (κ1) is 13.5. The van der Waals surface area contributed by atoms with Crippen molar-refractivity contribution < 1.29 is 4.74 Å². The summed E-state index contributed by atoms with van der Waals surface area (Å²) in [6, 6.07) is 14.0. The van der Waals surface area contributed by atoms with Crippen molar-refractivity contribution in [2.45, 2.75) is 18.7 Å². The van der Waals surface area contributed by atoms with Crippen LogP contribution in [0.1, 0.15) is 16.7 Å². The quantitative estimate of drug-likeness (QED) is 0.758. The van der Waals surface area contributed by atoms with Gasteiger partial charge in [-0.1, -0.05) is 18.2 Å². The average molecular weight is 269 g/mol.